The molecule has 5 heteroatoms. The number of hydrogen-bond donors (Lipinski definition) is 0. The van der Waals surface area contributed by atoms with E-state index in [9.17, 15) is 4.79 Å². The van der Waals surface area contributed by atoms with Crippen molar-refractivity contribution in [1.82, 2.24) is 14.5 Å². The van der Waals surface area contributed by atoms with Crippen molar-refractivity contribution in [3.63, 3.8) is 0 Å². The molecule has 0 saturated carbocycles. The summed E-state index contributed by atoms with van der Waals surface area (Å²) in [6.45, 7) is 5.68. The zero-order chi connectivity index (χ0) is 15.4. The lowest BCUT2D eigenvalue weighted by molar-refractivity contribution is -0.144. The van der Waals surface area contributed by atoms with Crippen LogP contribution in [0.25, 0.3) is 11.0 Å². The van der Waals surface area contributed by atoms with Gasteiger partial charge in [-0.1, -0.05) is 12.1 Å². The normalized spacial score (nSPS) is 17.0. The number of para-hydroxylation sites is 2. The van der Waals surface area contributed by atoms with Gasteiger partial charge >= 0.3 is 5.97 Å². The van der Waals surface area contributed by atoms with Gasteiger partial charge in [-0.25, -0.2) is 4.98 Å². The summed E-state index contributed by atoms with van der Waals surface area (Å²) in [5.74, 6) is 0.539. The maximum atomic E-state index is 11.5. The van der Waals surface area contributed by atoms with E-state index in [2.05, 4.69) is 26.6 Å². The molecule has 1 aromatic heterocycles. The molecule has 2 aromatic rings. The first-order valence-electron chi connectivity index (χ1n) is 8.04. The van der Waals surface area contributed by atoms with Crippen LogP contribution in [0.15, 0.2) is 30.6 Å². The van der Waals surface area contributed by atoms with Crippen LogP contribution in [0.3, 0.4) is 0 Å². The summed E-state index contributed by atoms with van der Waals surface area (Å²) in [7, 11) is 0. The summed E-state index contributed by atoms with van der Waals surface area (Å²) >= 11 is 0. The minimum Gasteiger partial charge on any atom is -0.465 e. The third kappa shape index (κ3) is 3.47. The number of ether oxygens (including phenoxy) is 1. The van der Waals surface area contributed by atoms with E-state index in [4.69, 9.17) is 4.74 Å². The van der Waals surface area contributed by atoms with Crippen LogP contribution in [0.1, 0.15) is 19.8 Å². The van der Waals surface area contributed by atoms with Crippen molar-refractivity contribution in [2.75, 3.05) is 26.2 Å². The molecule has 5 nitrogen and oxygen atoms in total. The van der Waals surface area contributed by atoms with Gasteiger partial charge in [0, 0.05) is 6.54 Å². The molecule has 118 valence electrons. The summed E-state index contributed by atoms with van der Waals surface area (Å²) in [6.07, 6.45) is 4.17. The minimum absolute atomic E-state index is 0.110. The van der Waals surface area contributed by atoms with Gasteiger partial charge in [-0.2, -0.15) is 0 Å². The molecule has 0 aliphatic carbocycles. The van der Waals surface area contributed by atoms with Crippen molar-refractivity contribution in [3.8, 4) is 0 Å². The fourth-order valence-corrected chi connectivity index (χ4v) is 3.15. The lowest BCUT2D eigenvalue weighted by atomic mass is 9.96. The van der Waals surface area contributed by atoms with Gasteiger partial charge in [0.05, 0.1) is 30.5 Å². The number of carbonyl (C=O) groups excluding carboxylic acids is 1. The number of piperidine rings is 1. The Morgan fingerprint density at radius 2 is 2.09 bits per heavy atom. The largest absolute Gasteiger partial charge is 0.465 e. The third-order valence-corrected chi connectivity index (χ3v) is 4.35. The fraction of sp³-hybridized carbons (Fsp3) is 0.529. The highest BCUT2D eigenvalue weighted by atomic mass is 16.5. The molecule has 1 saturated heterocycles. The Kier molecular flexibility index (Phi) is 4.73. The van der Waals surface area contributed by atoms with Crippen LogP contribution in [0, 0.1) is 5.92 Å². The van der Waals surface area contributed by atoms with Crippen molar-refractivity contribution in [2.24, 2.45) is 5.92 Å². The third-order valence-electron chi connectivity index (χ3n) is 4.35. The van der Waals surface area contributed by atoms with Gasteiger partial charge in [-0.3, -0.25) is 9.69 Å². The predicted molar refractivity (Wildman–Crippen MR) is 85.5 cm³/mol. The van der Waals surface area contributed by atoms with Gasteiger partial charge in [0.1, 0.15) is 0 Å². The monoisotopic (exact) mass is 301 g/mol. The maximum absolute atomic E-state index is 11.5. The number of carbonyl (C=O) groups is 1. The van der Waals surface area contributed by atoms with Crippen LogP contribution >= 0.6 is 0 Å². The molecule has 1 fully saturated rings. The average Bonchev–Trinajstić information content (AvgIpc) is 2.93. The molecule has 3 rings (SSSR count). The second kappa shape index (κ2) is 6.92. The van der Waals surface area contributed by atoms with Crippen LogP contribution in [0.4, 0.5) is 0 Å². The van der Waals surface area contributed by atoms with Gasteiger partial charge < -0.3 is 9.30 Å². The number of fused-ring (bicyclic) bond motifs is 1. The van der Waals surface area contributed by atoms with Crippen LogP contribution in [0.2, 0.25) is 0 Å². The van der Waals surface area contributed by atoms with E-state index in [0.717, 1.165) is 38.0 Å². The van der Waals surface area contributed by atoms with Gasteiger partial charge in [0.25, 0.3) is 0 Å². The topological polar surface area (TPSA) is 47.4 Å². The minimum atomic E-state index is -0.110. The molecule has 0 unspecified atom stereocenters. The number of rotatable bonds is 5. The smallest absolute Gasteiger partial charge is 0.320 e. The van der Waals surface area contributed by atoms with E-state index in [1.165, 1.54) is 5.52 Å². The molecular formula is C17H23N3O2. The zero-order valence-corrected chi connectivity index (χ0v) is 13.1. The molecule has 2 heterocycles. The van der Waals surface area contributed by atoms with E-state index < -0.39 is 0 Å². The maximum Gasteiger partial charge on any atom is 0.320 e. The van der Waals surface area contributed by atoms with Crippen LogP contribution in [-0.2, 0) is 16.1 Å². The van der Waals surface area contributed by atoms with Crippen molar-refractivity contribution >= 4 is 17.0 Å². The molecule has 0 atom stereocenters. The Bertz CT molecular complexity index is 630. The number of nitrogens with zero attached hydrogens (tertiary/aromatic N) is 3. The number of aromatic nitrogens is 2. The molecule has 0 bridgehead atoms. The van der Waals surface area contributed by atoms with E-state index in [0.29, 0.717) is 19.1 Å². The predicted octanol–water partition coefficient (Wildman–Crippen LogP) is 2.31. The molecule has 22 heavy (non-hydrogen) atoms. The Balaban J connectivity index is 1.53. The van der Waals surface area contributed by atoms with Crippen molar-refractivity contribution in [3.05, 3.63) is 30.6 Å². The van der Waals surface area contributed by atoms with E-state index in [1.54, 1.807) is 0 Å². The molecule has 1 aromatic carbocycles. The highest BCUT2D eigenvalue weighted by molar-refractivity contribution is 5.74. The number of esters is 1. The quantitative estimate of drug-likeness (QED) is 0.795. The summed E-state index contributed by atoms with van der Waals surface area (Å²) in [5, 5.41) is 0. The van der Waals surface area contributed by atoms with Gasteiger partial charge in [-0.05, 0) is 50.9 Å². The van der Waals surface area contributed by atoms with Crippen molar-refractivity contribution in [2.45, 2.75) is 26.3 Å². The molecule has 0 radical (unpaired) electrons. The number of hydrogen-bond acceptors (Lipinski definition) is 4. The second-order valence-corrected chi connectivity index (χ2v) is 5.91. The van der Waals surface area contributed by atoms with E-state index in [1.807, 2.05) is 25.4 Å². The van der Waals surface area contributed by atoms with Crippen molar-refractivity contribution < 1.29 is 9.53 Å². The Morgan fingerprint density at radius 1 is 1.32 bits per heavy atom. The molecule has 0 N–H and O–H groups in total. The summed E-state index contributed by atoms with van der Waals surface area (Å²) < 4.78 is 7.26. The zero-order valence-electron chi connectivity index (χ0n) is 13.1. The molecular weight excluding hydrogens is 278 g/mol. The average molecular weight is 301 g/mol. The van der Waals surface area contributed by atoms with Crippen LogP contribution in [0.5, 0.6) is 0 Å². The summed E-state index contributed by atoms with van der Waals surface area (Å²) in [4.78, 5) is 18.2. The van der Waals surface area contributed by atoms with E-state index in [-0.39, 0.29) is 5.97 Å². The van der Waals surface area contributed by atoms with Crippen molar-refractivity contribution in [1.29, 1.82) is 0 Å². The summed E-state index contributed by atoms with van der Waals surface area (Å²) in [5.41, 5.74) is 2.26. The Labute approximate surface area is 130 Å². The fourth-order valence-electron chi connectivity index (χ4n) is 3.15. The number of likely N-dealkylation sites (tertiary alicyclic amines) is 1. The van der Waals surface area contributed by atoms with Gasteiger partial charge in [0.2, 0.25) is 0 Å². The first-order valence-corrected chi connectivity index (χ1v) is 8.04. The van der Waals surface area contributed by atoms with Gasteiger partial charge in [0.15, 0.2) is 0 Å². The molecule has 1 aliphatic rings. The van der Waals surface area contributed by atoms with Crippen LogP contribution in [-0.4, -0.2) is 46.7 Å². The first kappa shape index (κ1) is 15.0. The SMILES string of the molecule is CCOC(=O)CN1CCC(Cn2cnc3ccccc32)CC1. The second-order valence-electron chi connectivity index (χ2n) is 5.91. The number of benzene rings is 1. The van der Waals surface area contributed by atoms with E-state index >= 15 is 0 Å². The Morgan fingerprint density at radius 3 is 2.86 bits per heavy atom. The highest BCUT2D eigenvalue weighted by Gasteiger charge is 2.21. The molecule has 0 amide bonds. The number of imidazole rings is 1. The summed E-state index contributed by atoms with van der Waals surface area (Å²) in [6, 6.07) is 8.25. The Hall–Kier alpha value is -1.88. The first-order chi connectivity index (χ1) is 10.8. The molecule has 0 spiro atoms. The van der Waals surface area contributed by atoms with Crippen LogP contribution < -0.4 is 0 Å². The molecule has 1 aliphatic heterocycles. The lowest BCUT2D eigenvalue weighted by Crippen LogP contribution is -2.38. The van der Waals surface area contributed by atoms with Gasteiger partial charge in [-0.15, -0.1) is 0 Å². The lowest BCUT2D eigenvalue weighted by Gasteiger charge is -2.31. The highest BCUT2D eigenvalue weighted by Crippen LogP contribution is 2.21. The standard InChI is InChI=1S/C17H23N3O2/c1-2-22-17(21)12-19-9-7-14(8-10-19)11-20-13-18-15-5-3-4-6-16(15)20/h3-6,13-14H,2,7-12H2,1H3.